The molecule has 2 aromatic carbocycles. The van der Waals surface area contributed by atoms with Crippen molar-refractivity contribution in [1.29, 1.82) is 5.41 Å². The van der Waals surface area contributed by atoms with Crippen LogP contribution in [0.1, 0.15) is 22.5 Å². The van der Waals surface area contributed by atoms with Crippen molar-refractivity contribution in [2.75, 3.05) is 0 Å². The molecule has 3 N–H and O–H groups in total. The number of imidazole rings is 1. The second-order valence-electron chi connectivity index (χ2n) is 5.71. The van der Waals surface area contributed by atoms with Gasteiger partial charge >= 0.3 is 0 Å². The number of hydrogen-bond acceptors (Lipinski definition) is 2. The molecule has 0 radical (unpaired) electrons. The normalized spacial score (nSPS) is 10.7. The number of benzene rings is 2. The Labute approximate surface area is 146 Å². The fourth-order valence-electron chi connectivity index (χ4n) is 2.65. The van der Waals surface area contributed by atoms with Crippen LogP contribution < -0.4 is 5.73 Å². The zero-order chi connectivity index (χ0) is 16.9. The number of nitrogens with zero attached hydrogens (tertiary/aromatic N) is 2. The zero-order valence-corrected chi connectivity index (χ0v) is 14.0. The van der Waals surface area contributed by atoms with Crippen LogP contribution in [0.5, 0.6) is 0 Å². The van der Waals surface area contributed by atoms with E-state index in [2.05, 4.69) is 9.55 Å². The van der Waals surface area contributed by atoms with Crippen LogP contribution in [0.2, 0.25) is 5.02 Å². The third kappa shape index (κ3) is 4.03. The Bertz CT molecular complexity index is 837. The summed E-state index contributed by atoms with van der Waals surface area (Å²) < 4.78 is 2.13. The van der Waals surface area contributed by atoms with Crippen molar-refractivity contribution in [2.24, 2.45) is 5.73 Å². The van der Waals surface area contributed by atoms with E-state index in [0.29, 0.717) is 0 Å². The van der Waals surface area contributed by atoms with E-state index in [1.165, 1.54) is 5.56 Å². The second kappa shape index (κ2) is 7.32. The molecule has 0 saturated carbocycles. The number of halogens is 1. The van der Waals surface area contributed by atoms with Gasteiger partial charge in [-0.2, -0.15) is 0 Å². The van der Waals surface area contributed by atoms with Crippen LogP contribution in [-0.2, 0) is 19.4 Å². The van der Waals surface area contributed by atoms with Gasteiger partial charge < -0.3 is 10.3 Å². The maximum Gasteiger partial charge on any atom is 0.122 e. The quantitative estimate of drug-likeness (QED) is 0.532. The lowest BCUT2D eigenvalue weighted by molar-refractivity contribution is 0.712. The lowest BCUT2D eigenvalue weighted by atomic mass is 10.1. The molecular formula is C19H19ClN4. The smallest absolute Gasteiger partial charge is 0.122 e. The first-order chi connectivity index (χ1) is 11.6. The lowest BCUT2D eigenvalue weighted by Gasteiger charge is -2.09. The van der Waals surface area contributed by atoms with Crippen molar-refractivity contribution in [3.63, 3.8) is 0 Å². The molecule has 1 aromatic heterocycles. The lowest BCUT2D eigenvalue weighted by Crippen LogP contribution is -2.12. The molecule has 0 aliphatic heterocycles. The molecule has 0 fully saturated rings. The largest absolute Gasteiger partial charge is 0.384 e. The number of nitrogens with one attached hydrogen (secondary N) is 1. The standard InChI is InChI=1S/C19H19ClN4/c20-17-7-4-14(5-8-17)6-9-18-23-10-11-24(18)13-15-2-1-3-16(12-15)19(21)22/h1-5,7-8,10-12H,6,9,13H2,(H3,21,22). The fraction of sp³-hybridized carbons (Fsp3) is 0.158. The number of hydrogen-bond donors (Lipinski definition) is 2. The third-order valence-electron chi connectivity index (χ3n) is 3.94. The summed E-state index contributed by atoms with van der Waals surface area (Å²) in [6.07, 6.45) is 5.59. The van der Waals surface area contributed by atoms with Gasteiger partial charge in [0.2, 0.25) is 0 Å². The number of rotatable bonds is 6. The van der Waals surface area contributed by atoms with Crippen LogP contribution >= 0.6 is 11.6 Å². The molecule has 0 unspecified atom stereocenters. The maximum atomic E-state index is 7.55. The molecule has 0 atom stereocenters. The van der Waals surface area contributed by atoms with Crippen LogP contribution in [0.4, 0.5) is 0 Å². The minimum atomic E-state index is 0.0884. The van der Waals surface area contributed by atoms with Gasteiger partial charge in [0.15, 0.2) is 0 Å². The van der Waals surface area contributed by atoms with Gasteiger partial charge in [-0.05, 0) is 35.7 Å². The summed E-state index contributed by atoms with van der Waals surface area (Å²) in [6.45, 7) is 0.719. The first-order valence-corrected chi connectivity index (χ1v) is 8.17. The predicted octanol–water partition coefficient (Wildman–Crippen LogP) is 3.65. The molecule has 0 bridgehead atoms. The molecular weight excluding hydrogens is 320 g/mol. The van der Waals surface area contributed by atoms with Gasteiger partial charge in [0.25, 0.3) is 0 Å². The van der Waals surface area contributed by atoms with Gasteiger partial charge in [-0.15, -0.1) is 0 Å². The molecule has 122 valence electrons. The first kappa shape index (κ1) is 16.3. The Balaban J connectivity index is 1.70. The highest BCUT2D eigenvalue weighted by Crippen LogP contribution is 2.13. The topological polar surface area (TPSA) is 67.7 Å². The van der Waals surface area contributed by atoms with Crippen molar-refractivity contribution in [3.05, 3.63) is 88.5 Å². The third-order valence-corrected chi connectivity index (χ3v) is 4.20. The van der Waals surface area contributed by atoms with Gasteiger partial charge in [-0.25, -0.2) is 4.98 Å². The number of amidine groups is 1. The van der Waals surface area contributed by atoms with Gasteiger partial charge in [0.1, 0.15) is 11.7 Å². The monoisotopic (exact) mass is 338 g/mol. The van der Waals surface area contributed by atoms with Crippen molar-refractivity contribution in [1.82, 2.24) is 9.55 Å². The summed E-state index contributed by atoms with van der Waals surface area (Å²) >= 11 is 5.92. The Morgan fingerprint density at radius 3 is 2.62 bits per heavy atom. The van der Waals surface area contributed by atoms with Crippen LogP contribution in [0.3, 0.4) is 0 Å². The van der Waals surface area contributed by atoms with Gasteiger partial charge in [-0.1, -0.05) is 41.9 Å². The molecule has 0 saturated heterocycles. The molecule has 3 aromatic rings. The summed E-state index contributed by atoms with van der Waals surface area (Å²) in [5.41, 5.74) is 8.66. The maximum absolute atomic E-state index is 7.55. The zero-order valence-electron chi connectivity index (χ0n) is 13.2. The van der Waals surface area contributed by atoms with Crippen molar-refractivity contribution < 1.29 is 0 Å². The molecule has 1 heterocycles. The Hall–Kier alpha value is -2.59. The molecule has 0 spiro atoms. The van der Waals surface area contributed by atoms with Gasteiger partial charge in [0, 0.05) is 35.9 Å². The molecule has 3 rings (SSSR count). The molecule has 5 heteroatoms. The minimum absolute atomic E-state index is 0.0884. The Kier molecular flexibility index (Phi) is 4.96. The number of nitrogen functional groups attached to an aromatic ring is 1. The van der Waals surface area contributed by atoms with Crippen LogP contribution in [0.25, 0.3) is 0 Å². The van der Waals surface area contributed by atoms with E-state index in [-0.39, 0.29) is 5.84 Å². The summed E-state index contributed by atoms with van der Waals surface area (Å²) in [6, 6.07) is 15.7. The summed E-state index contributed by atoms with van der Waals surface area (Å²) in [5.74, 6) is 1.13. The van der Waals surface area contributed by atoms with Crippen LogP contribution in [0.15, 0.2) is 60.9 Å². The van der Waals surface area contributed by atoms with Crippen molar-refractivity contribution in [3.8, 4) is 0 Å². The fourth-order valence-corrected chi connectivity index (χ4v) is 2.78. The molecule has 4 nitrogen and oxygen atoms in total. The highest BCUT2D eigenvalue weighted by Gasteiger charge is 2.06. The summed E-state index contributed by atoms with van der Waals surface area (Å²) in [7, 11) is 0. The first-order valence-electron chi connectivity index (χ1n) is 7.79. The van der Waals surface area contributed by atoms with E-state index < -0.39 is 0 Å². The summed E-state index contributed by atoms with van der Waals surface area (Å²) in [4.78, 5) is 4.47. The Morgan fingerprint density at radius 1 is 1.08 bits per heavy atom. The number of nitrogens with two attached hydrogens (primary N) is 1. The van der Waals surface area contributed by atoms with Crippen molar-refractivity contribution in [2.45, 2.75) is 19.4 Å². The van der Waals surface area contributed by atoms with E-state index >= 15 is 0 Å². The summed E-state index contributed by atoms with van der Waals surface area (Å²) in [5, 5.41) is 8.30. The van der Waals surface area contributed by atoms with Gasteiger partial charge in [-0.3, -0.25) is 5.41 Å². The molecule has 24 heavy (non-hydrogen) atoms. The number of aryl methyl sites for hydroxylation is 2. The number of aromatic nitrogens is 2. The van der Waals surface area contributed by atoms with Crippen molar-refractivity contribution >= 4 is 17.4 Å². The SMILES string of the molecule is N=C(N)c1cccc(Cn2ccnc2CCc2ccc(Cl)cc2)c1. The predicted molar refractivity (Wildman–Crippen MR) is 97.6 cm³/mol. The van der Waals surface area contributed by atoms with Gasteiger partial charge in [0.05, 0.1) is 0 Å². The molecule has 0 aliphatic carbocycles. The highest BCUT2D eigenvalue weighted by molar-refractivity contribution is 6.30. The molecule has 0 aliphatic rings. The highest BCUT2D eigenvalue weighted by atomic mass is 35.5. The van der Waals surface area contributed by atoms with E-state index in [0.717, 1.165) is 41.4 Å². The average molecular weight is 339 g/mol. The van der Waals surface area contributed by atoms with E-state index in [1.807, 2.05) is 60.9 Å². The van der Waals surface area contributed by atoms with E-state index in [4.69, 9.17) is 22.7 Å². The second-order valence-corrected chi connectivity index (χ2v) is 6.15. The van der Waals surface area contributed by atoms with Crippen LogP contribution in [0, 0.1) is 5.41 Å². The molecule has 0 amide bonds. The minimum Gasteiger partial charge on any atom is -0.384 e. The van der Waals surface area contributed by atoms with E-state index in [1.54, 1.807) is 0 Å². The van der Waals surface area contributed by atoms with Crippen LogP contribution in [-0.4, -0.2) is 15.4 Å². The average Bonchev–Trinajstić information content (AvgIpc) is 3.02. The van der Waals surface area contributed by atoms with E-state index in [9.17, 15) is 0 Å². The Morgan fingerprint density at radius 2 is 1.88 bits per heavy atom.